The van der Waals surface area contributed by atoms with Crippen molar-refractivity contribution < 1.29 is 22.4 Å². The Bertz CT molecular complexity index is 673. The van der Waals surface area contributed by atoms with Gasteiger partial charge in [0.2, 0.25) is 0 Å². The third-order valence-corrected chi connectivity index (χ3v) is 6.16. The molecule has 1 aromatic rings. The Kier molecular flexibility index (Phi) is 5.47. The molecule has 2 saturated heterocycles. The molecule has 2 unspecified atom stereocenters. The maximum Gasteiger partial charge on any atom is 0.289 e. The zero-order valence-corrected chi connectivity index (χ0v) is 15.4. The van der Waals surface area contributed by atoms with Crippen LogP contribution >= 0.6 is 0 Å². The number of carbonyl (C=O) groups is 1. The Morgan fingerprint density at radius 3 is 2.40 bits per heavy atom. The molecule has 0 bridgehead atoms. The molecule has 0 aliphatic carbocycles. The molecule has 2 fully saturated rings. The molecule has 1 aromatic heterocycles. The highest BCUT2D eigenvalue weighted by atomic mass is 32.2. The lowest BCUT2D eigenvalue weighted by Gasteiger charge is -2.37. The molecule has 2 aliphatic heterocycles. The standard InChI is InChI=1S/C16H25N3O5S/c1-12-10-19(11-13(2)24-12)25(21,22)17-14-5-7-18(8-6-14)16(20)15-4-3-9-23-15/h3-4,9,12-14,17H,5-8,10-11H2,1-2H3. The van der Waals surface area contributed by atoms with Crippen molar-refractivity contribution in [2.75, 3.05) is 26.2 Å². The van der Waals surface area contributed by atoms with Gasteiger partial charge in [-0.1, -0.05) is 0 Å². The molecule has 3 rings (SSSR count). The normalized spacial score (nSPS) is 26.7. The lowest BCUT2D eigenvalue weighted by Crippen LogP contribution is -2.55. The Morgan fingerprint density at radius 2 is 1.84 bits per heavy atom. The first-order chi connectivity index (χ1) is 11.8. The molecule has 8 nitrogen and oxygen atoms in total. The van der Waals surface area contributed by atoms with Gasteiger partial charge in [0.25, 0.3) is 16.1 Å². The van der Waals surface area contributed by atoms with Crippen LogP contribution < -0.4 is 4.72 Å². The number of hydrogen-bond donors (Lipinski definition) is 1. The maximum absolute atomic E-state index is 12.6. The quantitative estimate of drug-likeness (QED) is 0.846. The lowest BCUT2D eigenvalue weighted by atomic mass is 10.1. The summed E-state index contributed by atoms with van der Waals surface area (Å²) in [5.41, 5.74) is 0. The highest BCUT2D eigenvalue weighted by molar-refractivity contribution is 7.87. The van der Waals surface area contributed by atoms with Crippen LogP contribution in [0, 0.1) is 0 Å². The molecule has 0 aromatic carbocycles. The fourth-order valence-electron chi connectivity index (χ4n) is 3.37. The summed E-state index contributed by atoms with van der Waals surface area (Å²) in [5.74, 6) is 0.164. The van der Waals surface area contributed by atoms with Crippen LogP contribution in [0.2, 0.25) is 0 Å². The van der Waals surface area contributed by atoms with Crippen LogP contribution in [0.3, 0.4) is 0 Å². The average molecular weight is 371 g/mol. The van der Waals surface area contributed by atoms with E-state index in [1.165, 1.54) is 10.6 Å². The summed E-state index contributed by atoms with van der Waals surface area (Å²) in [4.78, 5) is 13.9. The number of nitrogens with zero attached hydrogens (tertiary/aromatic N) is 2. The summed E-state index contributed by atoms with van der Waals surface area (Å²) in [5, 5.41) is 0. The Balaban J connectivity index is 1.54. The van der Waals surface area contributed by atoms with E-state index >= 15 is 0 Å². The van der Waals surface area contributed by atoms with Gasteiger partial charge in [0, 0.05) is 32.2 Å². The van der Waals surface area contributed by atoms with Crippen molar-refractivity contribution in [3.8, 4) is 0 Å². The fraction of sp³-hybridized carbons (Fsp3) is 0.688. The minimum atomic E-state index is -3.55. The zero-order chi connectivity index (χ0) is 18.0. The van der Waals surface area contributed by atoms with Gasteiger partial charge in [0.1, 0.15) is 0 Å². The van der Waals surface area contributed by atoms with E-state index in [9.17, 15) is 13.2 Å². The molecule has 3 heterocycles. The number of rotatable bonds is 4. The van der Waals surface area contributed by atoms with E-state index in [-0.39, 0.29) is 24.2 Å². The van der Waals surface area contributed by atoms with Crippen LogP contribution in [0.4, 0.5) is 0 Å². The molecule has 0 saturated carbocycles. The molecule has 140 valence electrons. The van der Waals surface area contributed by atoms with Crippen LogP contribution in [0.25, 0.3) is 0 Å². The minimum absolute atomic E-state index is 0.118. The van der Waals surface area contributed by atoms with Crippen molar-refractivity contribution in [1.82, 2.24) is 13.9 Å². The second-order valence-electron chi connectivity index (χ2n) is 6.74. The summed E-state index contributed by atoms with van der Waals surface area (Å²) in [6.07, 6.45) is 2.40. The monoisotopic (exact) mass is 371 g/mol. The number of piperidine rings is 1. The molecule has 2 atom stereocenters. The number of morpholine rings is 1. The van der Waals surface area contributed by atoms with E-state index < -0.39 is 10.2 Å². The van der Waals surface area contributed by atoms with Crippen molar-refractivity contribution in [2.24, 2.45) is 0 Å². The summed E-state index contributed by atoms with van der Waals surface area (Å²) in [6, 6.07) is 3.15. The maximum atomic E-state index is 12.6. The molecule has 1 amide bonds. The molecule has 0 radical (unpaired) electrons. The van der Waals surface area contributed by atoms with Crippen molar-refractivity contribution in [1.29, 1.82) is 0 Å². The summed E-state index contributed by atoms with van der Waals surface area (Å²) in [6.45, 7) is 5.46. The van der Waals surface area contributed by atoms with Gasteiger partial charge >= 0.3 is 0 Å². The Hall–Kier alpha value is -1.42. The number of hydrogen-bond acceptors (Lipinski definition) is 5. The number of furan rings is 1. The number of ether oxygens (including phenoxy) is 1. The van der Waals surface area contributed by atoms with Gasteiger partial charge in [-0.25, -0.2) is 0 Å². The molecule has 25 heavy (non-hydrogen) atoms. The van der Waals surface area contributed by atoms with E-state index in [2.05, 4.69) is 4.72 Å². The first-order valence-corrected chi connectivity index (χ1v) is 10.0. The van der Waals surface area contributed by atoms with Gasteiger partial charge in [0.15, 0.2) is 5.76 Å². The third-order valence-electron chi connectivity index (χ3n) is 4.56. The second-order valence-corrected chi connectivity index (χ2v) is 8.44. The van der Waals surface area contributed by atoms with E-state index in [0.29, 0.717) is 44.8 Å². The lowest BCUT2D eigenvalue weighted by molar-refractivity contribution is -0.0445. The summed E-state index contributed by atoms with van der Waals surface area (Å²) >= 11 is 0. The van der Waals surface area contributed by atoms with E-state index in [0.717, 1.165) is 0 Å². The van der Waals surface area contributed by atoms with Crippen LogP contribution in [0.15, 0.2) is 22.8 Å². The van der Waals surface area contributed by atoms with Gasteiger partial charge in [-0.2, -0.15) is 17.4 Å². The predicted molar refractivity (Wildman–Crippen MR) is 91.3 cm³/mol. The number of likely N-dealkylation sites (tertiary alicyclic amines) is 1. The first kappa shape index (κ1) is 18.4. The number of amides is 1. The largest absolute Gasteiger partial charge is 0.459 e. The van der Waals surface area contributed by atoms with Crippen LogP contribution in [0.5, 0.6) is 0 Å². The molecule has 1 N–H and O–H groups in total. The smallest absolute Gasteiger partial charge is 0.289 e. The molecule has 2 aliphatic rings. The molecular formula is C16H25N3O5S. The number of carbonyl (C=O) groups excluding carboxylic acids is 1. The van der Waals surface area contributed by atoms with Crippen molar-refractivity contribution >= 4 is 16.1 Å². The number of nitrogens with one attached hydrogen (secondary N) is 1. The van der Waals surface area contributed by atoms with Crippen molar-refractivity contribution in [3.63, 3.8) is 0 Å². The fourth-order valence-corrected chi connectivity index (χ4v) is 4.99. The van der Waals surface area contributed by atoms with E-state index in [1.54, 1.807) is 17.0 Å². The predicted octanol–water partition coefficient (Wildman–Crippen LogP) is 0.828. The third kappa shape index (κ3) is 4.41. The molecule has 0 spiro atoms. The van der Waals surface area contributed by atoms with Gasteiger partial charge in [-0.05, 0) is 38.8 Å². The van der Waals surface area contributed by atoms with Gasteiger partial charge in [0.05, 0.1) is 18.5 Å². The molecular weight excluding hydrogens is 346 g/mol. The average Bonchev–Trinajstić information content (AvgIpc) is 3.08. The van der Waals surface area contributed by atoms with Gasteiger partial charge < -0.3 is 14.1 Å². The van der Waals surface area contributed by atoms with Crippen molar-refractivity contribution in [2.45, 2.75) is 44.9 Å². The molecule has 9 heteroatoms. The van der Waals surface area contributed by atoms with Crippen molar-refractivity contribution in [3.05, 3.63) is 24.2 Å². The summed E-state index contributed by atoms with van der Waals surface area (Å²) in [7, 11) is -3.55. The van der Waals surface area contributed by atoms with Gasteiger partial charge in [-0.15, -0.1) is 0 Å². The van der Waals surface area contributed by atoms with E-state index in [4.69, 9.17) is 9.15 Å². The summed E-state index contributed by atoms with van der Waals surface area (Å²) < 4.78 is 40.2. The van der Waals surface area contributed by atoms with Crippen LogP contribution in [-0.2, 0) is 14.9 Å². The highest BCUT2D eigenvalue weighted by Gasteiger charge is 2.34. The second kappa shape index (κ2) is 7.45. The topological polar surface area (TPSA) is 92.1 Å². The van der Waals surface area contributed by atoms with Crippen LogP contribution in [-0.4, -0.2) is 68.0 Å². The van der Waals surface area contributed by atoms with Crippen LogP contribution in [0.1, 0.15) is 37.2 Å². The zero-order valence-electron chi connectivity index (χ0n) is 14.6. The van der Waals surface area contributed by atoms with Gasteiger partial charge in [-0.3, -0.25) is 4.79 Å². The van der Waals surface area contributed by atoms with E-state index in [1.807, 2.05) is 13.8 Å². The minimum Gasteiger partial charge on any atom is -0.459 e. The SMILES string of the molecule is CC1CN(S(=O)(=O)NC2CCN(C(=O)c3ccco3)CC2)CC(C)O1. The Labute approximate surface area is 148 Å². The Morgan fingerprint density at radius 1 is 1.20 bits per heavy atom. The highest BCUT2D eigenvalue weighted by Crippen LogP contribution is 2.18. The first-order valence-electron chi connectivity index (χ1n) is 8.61.